The minimum atomic E-state index is -0.519. The molecule has 2 aromatic heterocycles. The minimum absolute atomic E-state index is 0.0239. The smallest absolute Gasteiger partial charge is 0.179 e. The first kappa shape index (κ1) is 17.7. The van der Waals surface area contributed by atoms with Crippen LogP contribution in [0.25, 0.3) is 11.2 Å². The highest BCUT2D eigenvalue weighted by Crippen LogP contribution is 2.22. The summed E-state index contributed by atoms with van der Waals surface area (Å²) in [6, 6.07) is 6.51. The number of nitrogens with one attached hydrogen (secondary N) is 3. The van der Waals surface area contributed by atoms with Gasteiger partial charge in [0.1, 0.15) is 11.6 Å². The molecule has 4 rings (SSSR count). The Bertz CT molecular complexity index is 1000. The molecule has 1 aromatic carbocycles. The molecule has 0 spiro atoms. The lowest BCUT2D eigenvalue weighted by Gasteiger charge is -2.09. The van der Waals surface area contributed by atoms with Crippen molar-refractivity contribution in [2.24, 2.45) is 5.16 Å². The maximum absolute atomic E-state index is 13.3. The van der Waals surface area contributed by atoms with Crippen molar-refractivity contribution >= 4 is 34.3 Å². The zero-order valence-corrected chi connectivity index (χ0v) is 15.1. The molecule has 4 N–H and O–H groups in total. The molecule has 2 heterocycles. The van der Waals surface area contributed by atoms with Gasteiger partial charge in [-0.3, -0.25) is 0 Å². The molecule has 7 nitrogen and oxygen atoms in total. The molecule has 0 amide bonds. The van der Waals surface area contributed by atoms with E-state index in [1.807, 2.05) is 0 Å². The predicted molar refractivity (Wildman–Crippen MR) is 102 cm³/mol. The number of oxime groups is 1. The molecule has 9 heteroatoms. The number of hydrogen-bond donors (Lipinski definition) is 4. The van der Waals surface area contributed by atoms with Crippen molar-refractivity contribution in [2.75, 3.05) is 11.9 Å². The molecule has 1 saturated carbocycles. The molecular formula is C18H18ClFN6O. The van der Waals surface area contributed by atoms with E-state index in [-0.39, 0.29) is 10.9 Å². The number of rotatable bonds is 6. The highest BCUT2D eigenvalue weighted by molar-refractivity contribution is 6.31. The summed E-state index contributed by atoms with van der Waals surface area (Å²) in [6.07, 6.45) is 4.82. The Kier molecular flexibility index (Phi) is 4.91. The molecule has 1 fully saturated rings. The van der Waals surface area contributed by atoms with E-state index in [9.17, 15) is 9.60 Å². The summed E-state index contributed by atoms with van der Waals surface area (Å²) >= 11 is 5.81. The average molecular weight is 389 g/mol. The maximum Gasteiger partial charge on any atom is 0.179 e. The zero-order valence-electron chi connectivity index (χ0n) is 14.3. The first-order chi connectivity index (χ1) is 13.1. The summed E-state index contributed by atoms with van der Waals surface area (Å²) in [5, 5.41) is 19.2. The van der Waals surface area contributed by atoms with Crippen LogP contribution in [0.15, 0.2) is 35.6 Å². The van der Waals surface area contributed by atoms with Crippen molar-refractivity contribution in [1.82, 2.24) is 20.3 Å². The van der Waals surface area contributed by atoms with E-state index >= 15 is 0 Å². The molecule has 1 aliphatic rings. The summed E-state index contributed by atoms with van der Waals surface area (Å²) in [7, 11) is 0. The Hall–Kier alpha value is -2.71. The van der Waals surface area contributed by atoms with E-state index < -0.39 is 5.82 Å². The molecule has 3 aromatic rings. The molecular weight excluding hydrogens is 371 g/mol. The van der Waals surface area contributed by atoms with Crippen molar-refractivity contribution in [2.45, 2.75) is 25.3 Å². The fraction of sp³-hybridized carbons (Fsp3) is 0.278. The summed E-state index contributed by atoms with van der Waals surface area (Å²) < 4.78 is 13.3. The number of nitrogens with zero attached hydrogens (tertiary/aromatic N) is 3. The van der Waals surface area contributed by atoms with Crippen LogP contribution in [-0.2, 0) is 6.42 Å². The second-order valence-electron chi connectivity index (χ2n) is 6.42. The molecule has 140 valence electrons. The van der Waals surface area contributed by atoms with Crippen LogP contribution in [0.3, 0.4) is 0 Å². The standard InChI is InChI=1S/C18H18ClFN6O/c19-13-9-11(3-4-14(13)20)23-17(26-27)12-5-7-22-18-16(12)24-15(25-18)6-8-21-10-1-2-10/h3-5,7,9-10,21,27H,1-2,6,8H2,(H,23,26)(H,22,24,25). The number of pyridine rings is 1. The third-order valence-corrected chi connectivity index (χ3v) is 4.64. The van der Waals surface area contributed by atoms with Crippen molar-refractivity contribution in [1.29, 1.82) is 0 Å². The van der Waals surface area contributed by atoms with Gasteiger partial charge in [-0.2, -0.15) is 0 Å². The highest BCUT2D eigenvalue weighted by Gasteiger charge is 2.20. The van der Waals surface area contributed by atoms with Gasteiger partial charge >= 0.3 is 0 Å². The molecule has 0 bridgehead atoms. The van der Waals surface area contributed by atoms with Crippen LogP contribution < -0.4 is 10.6 Å². The van der Waals surface area contributed by atoms with Crippen molar-refractivity contribution in [3.05, 3.63) is 52.7 Å². The number of imidazole rings is 1. The van der Waals surface area contributed by atoms with Crippen LogP contribution in [-0.4, -0.2) is 38.6 Å². The number of aromatic amines is 1. The summed E-state index contributed by atoms with van der Waals surface area (Å²) in [5.41, 5.74) is 2.28. The lowest BCUT2D eigenvalue weighted by atomic mass is 10.2. The second-order valence-corrected chi connectivity index (χ2v) is 6.83. The van der Waals surface area contributed by atoms with Crippen LogP contribution in [0.4, 0.5) is 10.1 Å². The Morgan fingerprint density at radius 2 is 2.22 bits per heavy atom. The van der Waals surface area contributed by atoms with Crippen LogP contribution in [0.2, 0.25) is 5.02 Å². The maximum atomic E-state index is 13.3. The Balaban J connectivity index is 1.58. The van der Waals surface area contributed by atoms with E-state index in [0.29, 0.717) is 28.5 Å². The van der Waals surface area contributed by atoms with E-state index in [1.54, 1.807) is 12.3 Å². The van der Waals surface area contributed by atoms with Crippen LogP contribution in [0.5, 0.6) is 0 Å². The number of H-pyrrole nitrogens is 1. The SMILES string of the molecule is O/N=C(\Nc1ccc(F)c(Cl)c1)c1ccnc2nc(CCNC3CC3)[nH]c12. The molecule has 1 aliphatic carbocycles. The van der Waals surface area contributed by atoms with Crippen LogP contribution >= 0.6 is 11.6 Å². The molecule has 0 saturated heterocycles. The first-order valence-electron chi connectivity index (χ1n) is 8.65. The van der Waals surface area contributed by atoms with Crippen molar-refractivity contribution < 1.29 is 9.60 Å². The highest BCUT2D eigenvalue weighted by atomic mass is 35.5. The Labute approximate surface area is 159 Å². The van der Waals surface area contributed by atoms with Gasteiger partial charge in [-0.05, 0) is 37.1 Å². The van der Waals surface area contributed by atoms with E-state index in [0.717, 1.165) is 18.8 Å². The van der Waals surface area contributed by atoms with Gasteiger partial charge in [-0.1, -0.05) is 16.8 Å². The van der Waals surface area contributed by atoms with E-state index in [4.69, 9.17) is 11.6 Å². The van der Waals surface area contributed by atoms with Gasteiger partial charge in [0.15, 0.2) is 11.5 Å². The van der Waals surface area contributed by atoms with Crippen molar-refractivity contribution in [3.63, 3.8) is 0 Å². The normalized spacial score (nSPS) is 14.7. The number of anilines is 1. The monoisotopic (exact) mass is 388 g/mol. The molecule has 0 unspecified atom stereocenters. The van der Waals surface area contributed by atoms with E-state index in [1.165, 1.54) is 31.0 Å². The number of benzene rings is 1. The third-order valence-electron chi connectivity index (χ3n) is 4.35. The largest absolute Gasteiger partial charge is 0.409 e. The Morgan fingerprint density at radius 1 is 1.37 bits per heavy atom. The molecule has 0 aliphatic heterocycles. The van der Waals surface area contributed by atoms with Gasteiger partial charge in [0.25, 0.3) is 0 Å². The topological polar surface area (TPSA) is 98.2 Å². The molecule has 0 atom stereocenters. The van der Waals surface area contributed by atoms with Gasteiger partial charge in [0.05, 0.1) is 10.5 Å². The van der Waals surface area contributed by atoms with Gasteiger partial charge in [-0.25, -0.2) is 14.4 Å². The Morgan fingerprint density at radius 3 is 2.96 bits per heavy atom. The van der Waals surface area contributed by atoms with Gasteiger partial charge in [0, 0.05) is 36.5 Å². The zero-order chi connectivity index (χ0) is 18.8. The lowest BCUT2D eigenvalue weighted by molar-refractivity contribution is 0.319. The number of halogens is 2. The number of amidine groups is 1. The fourth-order valence-corrected chi connectivity index (χ4v) is 2.99. The minimum Gasteiger partial charge on any atom is -0.409 e. The van der Waals surface area contributed by atoms with Gasteiger partial charge in [0.2, 0.25) is 0 Å². The van der Waals surface area contributed by atoms with Crippen LogP contribution in [0, 0.1) is 5.82 Å². The average Bonchev–Trinajstić information content (AvgIpc) is 3.39. The summed E-state index contributed by atoms with van der Waals surface area (Å²) in [6.45, 7) is 0.840. The number of aromatic nitrogens is 3. The third kappa shape index (κ3) is 4.01. The number of fused-ring (bicyclic) bond motifs is 1. The summed E-state index contributed by atoms with van der Waals surface area (Å²) in [5.74, 6) is 0.464. The predicted octanol–water partition coefficient (Wildman–Crippen LogP) is 3.29. The second kappa shape index (κ2) is 7.50. The first-order valence-corrected chi connectivity index (χ1v) is 9.03. The number of hydrogen-bond acceptors (Lipinski definition) is 5. The fourth-order valence-electron chi connectivity index (χ4n) is 2.81. The lowest BCUT2D eigenvalue weighted by Crippen LogP contribution is -2.19. The van der Waals surface area contributed by atoms with Crippen molar-refractivity contribution in [3.8, 4) is 0 Å². The van der Waals surface area contributed by atoms with Crippen LogP contribution in [0.1, 0.15) is 24.2 Å². The van der Waals surface area contributed by atoms with E-state index in [2.05, 4.69) is 30.7 Å². The van der Waals surface area contributed by atoms with Gasteiger partial charge in [-0.15, -0.1) is 0 Å². The molecule has 0 radical (unpaired) electrons. The quantitative estimate of drug-likeness (QED) is 0.225. The molecule has 27 heavy (non-hydrogen) atoms. The van der Waals surface area contributed by atoms with Gasteiger partial charge < -0.3 is 20.8 Å². The summed E-state index contributed by atoms with van der Waals surface area (Å²) in [4.78, 5) is 12.0.